The Labute approximate surface area is 224 Å². The molecular weight excluding hydrogens is 466 g/mol. The van der Waals surface area contributed by atoms with Gasteiger partial charge in [-0.05, 0) is 97.2 Å². The molecule has 0 aromatic rings. The average molecular weight is 516 g/mol. The van der Waals surface area contributed by atoms with E-state index in [9.17, 15) is 4.79 Å². The van der Waals surface area contributed by atoms with Crippen molar-refractivity contribution in [2.45, 2.75) is 112 Å². The molecule has 202 valence electrons. The van der Waals surface area contributed by atoms with Crippen molar-refractivity contribution in [3.05, 3.63) is 11.6 Å². The number of hydrogen-bond acceptors (Lipinski definition) is 4. The van der Waals surface area contributed by atoms with E-state index in [2.05, 4.69) is 46.1 Å². The average Bonchev–Trinajstić information content (AvgIpc) is 3.14. The van der Waals surface area contributed by atoms with Gasteiger partial charge in [0.2, 0.25) is 0 Å². The number of hydrogen-bond donors (Lipinski definition) is 2. The van der Waals surface area contributed by atoms with E-state index in [0.29, 0.717) is 23.2 Å². The van der Waals surface area contributed by atoms with Crippen LogP contribution >= 0.6 is 12.2 Å². The van der Waals surface area contributed by atoms with Gasteiger partial charge in [-0.2, -0.15) is 5.10 Å². The Morgan fingerprint density at radius 2 is 1.92 bits per heavy atom. The highest BCUT2D eigenvalue weighted by molar-refractivity contribution is 7.80. The van der Waals surface area contributed by atoms with E-state index >= 15 is 0 Å². The second-order valence-corrected chi connectivity index (χ2v) is 13.8. The molecule has 8 atom stereocenters. The summed E-state index contributed by atoms with van der Waals surface area (Å²) in [5.41, 5.74) is 11.8. The van der Waals surface area contributed by atoms with E-state index < -0.39 is 0 Å². The molecule has 0 aromatic carbocycles. The normalized spacial score (nSPS) is 39.6. The van der Waals surface area contributed by atoms with Gasteiger partial charge < -0.3 is 10.5 Å². The predicted molar refractivity (Wildman–Crippen MR) is 151 cm³/mol. The smallest absolute Gasteiger partial charge is 0.302 e. The summed E-state index contributed by atoms with van der Waals surface area (Å²) in [6.07, 6.45) is 14.3. The number of hydrazone groups is 1. The van der Waals surface area contributed by atoms with Crippen molar-refractivity contribution in [3.8, 4) is 0 Å². The highest BCUT2D eigenvalue weighted by Crippen LogP contribution is 2.67. The summed E-state index contributed by atoms with van der Waals surface area (Å²) < 4.78 is 5.65. The SMILES string of the molecule is CC(=O)O[C@H]1CC[C@@]2(C)C(=C/C(=N/NC(N)=S)[C@H]3[C@@H]4CC[C@H]([C@H](C)CCCC(C)C)[C@@]4(C)CC[C@@H]32)C1. The molecule has 0 aliphatic heterocycles. The lowest BCUT2D eigenvalue weighted by atomic mass is 9.46. The van der Waals surface area contributed by atoms with Crippen LogP contribution in [-0.2, 0) is 9.53 Å². The maximum absolute atomic E-state index is 11.7. The molecular formula is C30H49N3O2S. The highest BCUT2D eigenvalue weighted by atomic mass is 32.1. The third kappa shape index (κ3) is 5.26. The van der Waals surface area contributed by atoms with Crippen LogP contribution < -0.4 is 11.2 Å². The molecule has 4 aliphatic rings. The van der Waals surface area contributed by atoms with E-state index in [1.807, 2.05) is 0 Å². The van der Waals surface area contributed by atoms with Crippen molar-refractivity contribution in [2.75, 3.05) is 0 Å². The van der Waals surface area contributed by atoms with Crippen LogP contribution in [0.2, 0.25) is 0 Å². The van der Waals surface area contributed by atoms with Crippen LogP contribution in [0, 0.1) is 46.3 Å². The van der Waals surface area contributed by atoms with E-state index in [4.69, 9.17) is 27.8 Å². The number of esters is 1. The fourth-order valence-electron chi connectivity index (χ4n) is 8.98. The van der Waals surface area contributed by atoms with Crippen molar-refractivity contribution in [2.24, 2.45) is 57.2 Å². The van der Waals surface area contributed by atoms with Gasteiger partial charge in [-0.3, -0.25) is 10.2 Å². The van der Waals surface area contributed by atoms with Gasteiger partial charge in [-0.25, -0.2) is 0 Å². The molecule has 4 aliphatic carbocycles. The minimum atomic E-state index is -0.185. The molecule has 3 fully saturated rings. The van der Waals surface area contributed by atoms with Crippen molar-refractivity contribution < 1.29 is 9.53 Å². The monoisotopic (exact) mass is 515 g/mol. The molecule has 0 saturated heterocycles. The summed E-state index contributed by atoms with van der Waals surface area (Å²) in [4.78, 5) is 11.7. The summed E-state index contributed by atoms with van der Waals surface area (Å²) in [6.45, 7) is 13.8. The first-order valence-corrected chi connectivity index (χ1v) is 14.9. The first-order chi connectivity index (χ1) is 17.0. The van der Waals surface area contributed by atoms with Crippen molar-refractivity contribution in [3.63, 3.8) is 0 Å². The van der Waals surface area contributed by atoms with Gasteiger partial charge >= 0.3 is 5.97 Å². The van der Waals surface area contributed by atoms with Gasteiger partial charge in [-0.15, -0.1) is 0 Å². The molecule has 5 nitrogen and oxygen atoms in total. The van der Waals surface area contributed by atoms with Gasteiger partial charge in [0.15, 0.2) is 5.11 Å². The second kappa shape index (κ2) is 10.7. The van der Waals surface area contributed by atoms with E-state index in [1.165, 1.54) is 57.4 Å². The number of nitrogens with zero attached hydrogens (tertiary/aromatic N) is 1. The number of fused-ring (bicyclic) bond motifs is 5. The van der Waals surface area contributed by atoms with Crippen LogP contribution in [0.1, 0.15) is 106 Å². The molecule has 0 unspecified atom stereocenters. The number of nitrogens with one attached hydrogen (secondary N) is 1. The molecule has 36 heavy (non-hydrogen) atoms. The molecule has 0 spiro atoms. The van der Waals surface area contributed by atoms with E-state index in [0.717, 1.165) is 42.7 Å². The Hall–Kier alpha value is -1.43. The molecule has 0 bridgehead atoms. The fraction of sp³-hybridized carbons (Fsp3) is 0.833. The molecule has 0 radical (unpaired) electrons. The number of nitrogens with two attached hydrogens (primary N) is 1. The predicted octanol–water partition coefficient (Wildman–Crippen LogP) is 6.76. The van der Waals surface area contributed by atoms with Crippen molar-refractivity contribution in [1.82, 2.24) is 5.43 Å². The highest BCUT2D eigenvalue weighted by Gasteiger charge is 2.60. The molecule has 6 heteroatoms. The van der Waals surface area contributed by atoms with Crippen LogP contribution in [0.25, 0.3) is 0 Å². The summed E-state index contributed by atoms with van der Waals surface area (Å²) in [5, 5.41) is 5.04. The summed E-state index contributed by atoms with van der Waals surface area (Å²) in [5.74, 6) is 3.80. The summed E-state index contributed by atoms with van der Waals surface area (Å²) in [7, 11) is 0. The fourth-order valence-corrected chi connectivity index (χ4v) is 9.02. The molecule has 0 heterocycles. The number of ether oxygens (including phenoxy) is 1. The van der Waals surface area contributed by atoms with Crippen molar-refractivity contribution >= 4 is 29.0 Å². The summed E-state index contributed by atoms with van der Waals surface area (Å²) in [6, 6.07) is 0. The molecule has 4 rings (SSSR count). The lowest BCUT2D eigenvalue weighted by Gasteiger charge is -2.58. The van der Waals surface area contributed by atoms with Gasteiger partial charge in [0, 0.05) is 19.3 Å². The molecule has 3 saturated carbocycles. The topological polar surface area (TPSA) is 76.7 Å². The van der Waals surface area contributed by atoms with E-state index in [-0.39, 0.29) is 22.6 Å². The first-order valence-electron chi connectivity index (χ1n) is 14.5. The lowest BCUT2D eigenvalue weighted by Crippen LogP contribution is -2.54. The minimum Gasteiger partial charge on any atom is -0.462 e. The number of allylic oxidation sites excluding steroid dienone is 1. The van der Waals surface area contributed by atoms with Gasteiger partial charge in [0.25, 0.3) is 0 Å². The molecule has 0 aromatic heterocycles. The Morgan fingerprint density at radius 1 is 1.17 bits per heavy atom. The van der Waals surface area contributed by atoms with Gasteiger partial charge in [0.05, 0.1) is 5.71 Å². The first kappa shape index (κ1) is 27.6. The Kier molecular flexibility index (Phi) is 8.24. The van der Waals surface area contributed by atoms with Gasteiger partial charge in [0.1, 0.15) is 6.10 Å². The van der Waals surface area contributed by atoms with Crippen LogP contribution in [0.3, 0.4) is 0 Å². The standard InChI is InChI=1S/C30H49N3O2S/c1-18(2)8-7-9-19(3)23-10-11-24-27-25(13-15-30(23,24)6)29(5)14-12-22(35-20(4)34)16-21(29)17-26(27)32-33-28(31)36/h17-19,22-25,27H,7-16H2,1-6H3,(H3,31,33,36)/b32-26-/t19-,22+,23-,24+,25+,27+,29+,30-/m1/s1. The van der Waals surface area contributed by atoms with Crippen LogP contribution in [0.4, 0.5) is 0 Å². The van der Waals surface area contributed by atoms with Crippen molar-refractivity contribution in [1.29, 1.82) is 0 Å². The van der Waals surface area contributed by atoms with Crippen LogP contribution in [0.15, 0.2) is 16.8 Å². The maximum atomic E-state index is 11.7. The zero-order valence-corrected chi connectivity index (χ0v) is 24.3. The number of carbonyl (C=O) groups excluding carboxylic acids is 1. The third-order valence-corrected chi connectivity index (χ3v) is 10.8. The van der Waals surface area contributed by atoms with Crippen LogP contribution in [-0.4, -0.2) is 22.9 Å². The molecule has 0 amide bonds. The zero-order valence-electron chi connectivity index (χ0n) is 23.4. The lowest BCUT2D eigenvalue weighted by molar-refractivity contribution is -0.148. The zero-order chi connectivity index (χ0) is 26.3. The quantitative estimate of drug-likeness (QED) is 0.223. The van der Waals surface area contributed by atoms with Crippen LogP contribution in [0.5, 0.6) is 0 Å². The summed E-state index contributed by atoms with van der Waals surface area (Å²) >= 11 is 5.12. The number of rotatable bonds is 7. The van der Waals surface area contributed by atoms with Gasteiger partial charge in [-0.1, -0.05) is 59.5 Å². The molecule has 3 N–H and O–H groups in total. The minimum absolute atomic E-state index is 0.0282. The number of thiocarbonyl (C=S) groups is 1. The van der Waals surface area contributed by atoms with E-state index in [1.54, 1.807) is 0 Å². The Bertz CT molecular complexity index is 914. The Balaban J connectivity index is 1.63. The number of carbonyl (C=O) groups is 1. The largest absolute Gasteiger partial charge is 0.462 e. The maximum Gasteiger partial charge on any atom is 0.302 e. The second-order valence-electron chi connectivity index (χ2n) is 13.3. The Morgan fingerprint density at radius 3 is 2.58 bits per heavy atom. The third-order valence-electron chi connectivity index (χ3n) is 10.7.